The summed E-state index contributed by atoms with van der Waals surface area (Å²) in [6.45, 7) is 3.57. The lowest BCUT2D eigenvalue weighted by atomic mass is 10.2. The zero-order valence-electron chi connectivity index (χ0n) is 21.5. The monoisotopic (exact) mass is 568 g/mol. The van der Waals surface area contributed by atoms with Crippen molar-refractivity contribution in [1.82, 2.24) is 9.47 Å². The summed E-state index contributed by atoms with van der Waals surface area (Å²) in [7, 11) is -8.02. The van der Waals surface area contributed by atoms with Crippen LogP contribution in [0.1, 0.15) is 12.8 Å². The number of anilines is 1. The van der Waals surface area contributed by atoms with Crippen molar-refractivity contribution in [3.8, 4) is 11.5 Å². The maximum atomic E-state index is 13.8. The van der Waals surface area contributed by atoms with Crippen LogP contribution in [-0.4, -0.2) is 58.2 Å². The Hall–Kier alpha value is -3.38. The standard InChI is InChI=1S/C28H32N4O5S2/c29-38(33,34)21-20-32(39(35,36)27-12-10-26(11-13-27)37-25-6-2-1-3-7-25)24-9-8-23-14-17-31(28(23)22-24)19-18-30-15-4-5-16-30/h1-3,6-14,17,22H,4-5,15-16,18-21H2,(H2,29,33,34). The number of para-hydroxylation sites is 1. The first-order chi connectivity index (χ1) is 18.7. The largest absolute Gasteiger partial charge is 0.457 e. The molecule has 1 aliphatic heterocycles. The average molecular weight is 569 g/mol. The van der Waals surface area contributed by atoms with E-state index in [9.17, 15) is 16.8 Å². The van der Waals surface area contributed by atoms with Crippen molar-refractivity contribution in [2.75, 3.05) is 36.2 Å². The van der Waals surface area contributed by atoms with Gasteiger partial charge in [-0.15, -0.1) is 0 Å². The first kappa shape index (κ1) is 27.2. The molecule has 1 aliphatic rings. The Morgan fingerprint density at radius 3 is 2.21 bits per heavy atom. The van der Waals surface area contributed by atoms with Gasteiger partial charge >= 0.3 is 0 Å². The smallest absolute Gasteiger partial charge is 0.264 e. The summed E-state index contributed by atoms with van der Waals surface area (Å²) in [6.07, 6.45) is 4.43. The van der Waals surface area contributed by atoms with Crippen molar-refractivity contribution in [3.63, 3.8) is 0 Å². The number of likely N-dealkylation sites (tertiary alicyclic amines) is 1. The van der Waals surface area contributed by atoms with Crippen molar-refractivity contribution >= 4 is 36.6 Å². The minimum Gasteiger partial charge on any atom is -0.457 e. The molecule has 4 aromatic rings. The molecule has 0 bridgehead atoms. The molecule has 0 radical (unpaired) electrons. The van der Waals surface area contributed by atoms with Gasteiger partial charge in [-0.3, -0.25) is 4.31 Å². The molecular weight excluding hydrogens is 536 g/mol. The highest BCUT2D eigenvalue weighted by Gasteiger charge is 2.27. The molecule has 1 fully saturated rings. The summed E-state index contributed by atoms with van der Waals surface area (Å²) in [4.78, 5) is 2.44. The molecule has 0 aliphatic carbocycles. The van der Waals surface area contributed by atoms with Gasteiger partial charge in [-0.05, 0) is 85.9 Å². The Morgan fingerprint density at radius 2 is 1.51 bits per heavy atom. The van der Waals surface area contributed by atoms with E-state index in [-0.39, 0.29) is 11.4 Å². The molecule has 3 aromatic carbocycles. The molecule has 0 amide bonds. The SMILES string of the molecule is NS(=O)(=O)CCN(c1ccc2ccn(CCN3CCCC3)c2c1)S(=O)(=O)c1ccc(Oc2ccccc2)cc1. The summed E-state index contributed by atoms with van der Waals surface area (Å²) in [5, 5.41) is 6.24. The van der Waals surface area contributed by atoms with E-state index < -0.39 is 25.8 Å². The molecule has 0 atom stereocenters. The predicted octanol–water partition coefficient (Wildman–Crippen LogP) is 4.01. The zero-order valence-corrected chi connectivity index (χ0v) is 23.1. The van der Waals surface area contributed by atoms with Crippen LogP contribution in [-0.2, 0) is 26.6 Å². The van der Waals surface area contributed by atoms with Gasteiger partial charge in [-0.2, -0.15) is 0 Å². The van der Waals surface area contributed by atoms with Crippen LogP contribution in [0, 0.1) is 0 Å². The highest BCUT2D eigenvalue weighted by atomic mass is 32.2. The van der Waals surface area contributed by atoms with E-state index in [1.807, 2.05) is 36.5 Å². The lowest BCUT2D eigenvalue weighted by molar-refractivity contribution is 0.324. The van der Waals surface area contributed by atoms with Crippen LogP contribution in [0.4, 0.5) is 5.69 Å². The maximum absolute atomic E-state index is 13.8. The van der Waals surface area contributed by atoms with E-state index in [0.29, 0.717) is 17.2 Å². The molecule has 39 heavy (non-hydrogen) atoms. The Labute approximate surface area is 229 Å². The van der Waals surface area contributed by atoms with Gasteiger partial charge in [-0.1, -0.05) is 24.3 Å². The summed E-state index contributed by atoms with van der Waals surface area (Å²) >= 11 is 0. The minimum absolute atomic E-state index is 0.0156. The fraction of sp³-hybridized carbons (Fsp3) is 0.286. The number of nitrogens with two attached hydrogens (primary N) is 1. The second-order valence-corrected chi connectivity index (χ2v) is 13.2. The van der Waals surface area contributed by atoms with Crippen molar-refractivity contribution in [3.05, 3.63) is 85.1 Å². The molecule has 2 heterocycles. The van der Waals surface area contributed by atoms with E-state index in [4.69, 9.17) is 9.88 Å². The van der Waals surface area contributed by atoms with Crippen LogP contribution in [0.15, 0.2) is 90.0 Å². The highest BCUT2D eigenvalue weighted by Crippen LogP contribution is 2.30. The van der Waals surface area contributed by atoms with Crippen molar-refractivity contribution in [2.45, 2.75) is 24.3 Å². The van der Waals surface area contributed by atoms with Crippen LogP contribution in [0.5, 0.6) is 11.5 Å². The van der Waals surface area contributed by atoms with E-state index in [2.05, 4.69) is 9.47 Å². The van der Waals surface area contributed by atoms with Gasteiger partial charge in [0.2, 0.25) is 10.0 Å². The molecule has 1 aromatic heterocycles. The normalized spacial score (nSPS) is 14.6. The van der Waals surface area contributed by atoms with Crippen LogP contribution in [0.25, 0.3) is 10.9 Å². The summed E-state index contributed by atoms with van der Waals surface area (Å²) in [5.74, 6) is 0.590. The van der Waals surface area contributed by atoms with E-state index in [1.165, 1.54) is 25.0 Å². The summed E-state index contributed by atoms with van der Waals surface area (Å²) < 4.78 is 60.3. The lowest BCUT2D eigenvalue weighted by Crippen LogP contribution is -2.36. The van der Waals surface area contributed by atoms with Gasteiger partial charge in [0.15, 0.2) is 0 Å². The Morgan fingerprint density at radius 1 is 0.821 bits per heavy atom. The third kappa shape index (κ3) is 6.62. The van der Waals surface area contributed by atoms with Gasteiger partial charge in [0.25, 0.3) is 10.0 Å². The van der Waals surface area contributed by atoms with Gasteiger partial charge in [-0.25, -0.2) is 22.0 Å². The zero-order chi connectivity index (χ0) is 27.5. The molecule has 0 unspecified atom stereocenters. The molecule has 5 rings (SSSR count). The number of sulfonamides is 2. The first-order valence-electron chi connectivity index (χ1n) is 12.9. The summed E-state index contributed by atoms with van der Waals surface area (Å²) in [6, 6.07) is 22.6. The van der Waals surface area contributed by atoms with Crippen LogP contribution < -0.4 is 14.2 Å². The Kier molecular flexibility index (Phi) is 7.94. The number of benzene rings is 3. The third-order valence-corrected chi connectivity index (χ3v) is 9.46. The Bertz CT molecular complexity index is 1630. The molecule has 11 heteroatoms. The van der Waals surface area contributed by atoms with Crippen LogP contribution in [0.2, 0.25) is 0 Å². The summed E-state index contributed by atoms with van der Waals surface area (Å²) in [5.41, 5.74) is 1.26. The molecule has 0 saturated carbocycles. The third-order valence-electron chi connectivity index (χ3n) is 6.87. The number of hydrogen-bond donors (Lipinski definition) is 1. The van der Waals surface area contributed by atoms with Gasteiger partial charge in [0, 0.05) is 25.8 Å². The van der Waals surface area contributed by atoms with Gasteiger partial charge in [0.05, 0.1) is 21.9 Å². The minimum atomic E-state index is -4.12. The molecular formula is C28H32N4O5S2. The van der Waals surface area contributed by atoms with Crippen molar-refractivity contribution in [2.24, 2.45) is 5.14 Å². The molecule has 0 spiro atoms. The van der Waals surface area contributed by atoms with Crippen molar-refractivity contribution < 1.29 is 21.6 Å². The molecule has 2 N–H and O–H groups in total. The fourth-order valence-corrected chi connectivity index (χ4v) is 6.82. The second-order valence-electron chi connectivity index (χ2n) is 9.63. The predicted molar refractivity (Wildman–Crippen MR) is 153 cm³/mol. The number of hydrogen-bond acceptors (Lipinski definition) is 6. The van der Waals surface area contributed by atoms with Crippen LogP contribution in [0.3, 0.4) is 0 Å². The number of fused-ring (bicyclic) bond motifs is 1. The number of rotatable bonds is 11. The van der Waals surface area contributed by atoms with E-state index >= 15 is 0 Å². The fourth-order valence-electron chi connectivity index (χ4n) is 4.81. The van der Waals surface area contributed by atoms with Crippen LogP contribution >= 0.6 is 0 Å². The highest BCUT2D eigenvalue weighted by molar-refractivity contribution is 7.93. The van der Waals surface area contributed by atoms with Crippen molar-refractivity contribution in [1.29, 1.82) is 0 Å². The first-order valence-corrected chi connectivity index (χ1v) is 16.0. The number of ether oxygens (including phenoxy) is 1. The number of primary sulfonamides is 1. The average Bonchev–Trinajstić information content (AvgIpc) is 3.57. The van der Waals surface area contributed by atoms with E-state index in [0.717, 1.165) is 41.4 Å². The second kappa shape index (κ2) is 11.4. The van der Waals surface area contributed by atoms with Gasteiger partial charge < -0.3 is 14.2 Å². The topological polar surface area (TPSA) is 115 Å². The molecule has 206 valence electrons. The molecule has 1 saturated heterocycles. The lowest BCUT2D eigenvalue weighted by Gasteiger charge is -2.25. The quantitative estimate of drug-likeness (QED) is 0.292. The Balaban J connectivity index is 1.44. The van der Waals surface area contributed by atoms with E-state index in [1.54, 1.807) is 36.4 Å². The molecule has 9 nitrogen and oxygen atoms in total. The number of aromatic nitrogens is 1. The van der Waals surface area contributed by atoms with Gasteiger partial charge in [0.1, 0.15) is 11.5 Å². The maximum Gasteiger partial charge on any atom is 0.264 e. The number of nitrogens with zero attached hydrogens (tertiary/aromatic N) is 3.